The molecule has 0 radical (unpaired) electrons. The molecule has 0 atom stereocenters. The van der Waals surface area contributed by atoms with Crippen molar-refractivity contribution in [3.8, 4) is 0 Å². The highest BCUT2D eigenvalue weighted by atomic mass is 79.9. The summed E-state index contributed by atoms with van der Waals surface area (Å²) in [5, 5.41) is 2.97. The predicted molar refractivity (Wildman–Crippen MR) is 89.8 cm³/mol. The second kappa shape index (κ2) is 6.46. The van der Waals surface area contributed by atoms with E-state index < -0.39 is 0 Å². The van der Waals surface area contributed by atoms with Gasteiger partial charge in [-0.15, -0.1) is 11.8 Å². The maximum atomic E-state index is 12.4. The number of rotatable bonds is 3. The van der Waals surface area contributed by atoms with Gasteiger partial charge in [0.2, 0.25) is 0 Å². The lowest BCUT2D eigenvalue weighted by Crippen LogP contribution is -2.13. The van der Waals surface area contributed by atoms with Gasteiger partial charge < -0.3 is 5.32 Å². The van der Waals surface area contributed by atoms with E-state index in [9.17, 15) is 4.79 Å². The number of hydrogen-bond acceptors (Lipinski definition) is 2. The summed E-state index contributed by atoms with van der Waals surface area (Å²) in [4.78, 5) is 13.3. The van der Waals surface area contributed by atoms with Crippen LogP contribution in [0, 0.1) is 13.8 Å². The van der Waals surface area contributed by atoms with E-state index in [1.165, 1.54) is 0 Å². The highest BCUT2D eigenvalue weighted by molar-refractivity contribution is 9.10. The zero-order chi connectivity index (χ0) is 14.7. The fourth-order valence-electron chi connectivity index (χ4n) is 2.05. The van der Waals surface area contributed by atoms with E-state index in [0.29, 0.717) is 5.56 Å². The van der Waals surface area contributed by atoms with E-state index in [1.807, 2.05) is 56.5 Å². The summed E-state index contributed by atoms with van der Waals surface area (Å²) in [5.74, 6) is -0.0731. The lowest BCUT2D eigenvalue weighted by molar-refractivity contribution is 0.102. The first kappa shape index (κ1) is 15.1. The molecule has 0 aliphatic heterocycles. The highest BCUT2D eigenvalue weighted by Gasteiger charge is 2.11. The van der Waals surface area contributed by atoms with Crippen molar-refractivity contribution in [3.05, 3.63) is 57.6 Å². The Morgan fingerprint density at radius 3 is 2.35 bits per heavy atom. The molecular formula is C16H16BrNOS. The first-order valence-electron chi connectivity index (χ1n) is 6.24. The summed E-state index contributed by atoms with van der Waals surface area (Å²) < 4.78 is 1.08. The Morgan fingerprint density at radius 1 is 1.15 bits per heavy atom. The molecule has 0 unspecified atom stereocenters. The molecule has 0 aromatic heterocycles. The third-order valence-electron chi connectivity index (χ3n) is 3.05. The second-order valence-corrected chi connectivity index (χ2v) is 6.22. The molecule has 0 aliphatic carbocycles. The van der Waals surface area contributed by atoms with Crippen LogP contribution in [0.1, 0.15) is 21.5 Å². The molecule has 0 heterocycles. The fraction of sp³-hybridized carbons (Fsp3) is 0.188. The van der Waals surface area contributed by atoms with Crippen molar-refractivity contribution in [1.29, 1.82) is 0 Å². The highest BCUT2D eigenvalue weighted by Crippen LogP contribution is 2.26. The molecule has 104 valence electrons. The summed E-state index contributed by atoms with van der Waals surface area (Å²) in [6.07, 6.45) is 1.97. The van der Waals surface area contributed by atoms with Crippen molar-refractivity contribution in [1.82, 2.24) is 0 Å². The molecule has 1 N–H and O–H groups in total. The quantitative estimate of drug-likeness (QED) is 0.786. The van der Waals surface area contributed by atoms with E-state index >= 15 is 0 Å². The van der Waals surface area contributed by atoms with Crippen molar-refractivity contribution in [2.24, 2.45) is 0 Å². The SMILES string of the molecule is CSc1ccccc1C(=O)Nc1cc(C)c(Br)c(C)c1. The maximum absolute atomic E-state index is 12.4. The van der Waals surface area contributed by atoms with E-state index in [4.69, 9.17) is 0 Å². The van der Waals surface area contributed by atoms with E-state index in [0.717, 1.165) is 26.2 Å². The number of carbonyl (C=O) groups is 1. The van der Waals surface area contributed by atoms with Gasteiger partial charge in [0, 0.05) is 15.1 Å². The van der Waals surface area contributed by atoms with Crippen molar-refractivity contribution >= 4 is 39.3 Å². The molecule has 0 bridgehead atoms. The van der Waals surface area contributed by atoms with Gasteiger partial charge in [0.1, 0.15) is 0 Å². The minimum atomic E-state index is -0.0731. The Kier molecular flexibility index (Phi) is 4.89. The smallest absolute Gasteiger partial charge is 0.256 e. The number of hydrogen-bond donors (Lipinski definition) is 1. The molecule has 20 heavy (non-hydrogen) atoms. The molecule has 0 saturated carbocycles. The first-order valence-corrected chi connectivity index (χ1v) is 8.26. The molecule has 2 nitrogen and oxygen atoms in total. The normalized spacial score (nSPS) is 10.4. The Labute approximate surface area is 132 Å². The largest absolute Gasteiger partial charge is 0.322 e. The van der Waals surface area contributed by atoms with Crippen molar-refractivity contribution in [2.45, 2.75) is 18.7 Å². The number of anilines is 1. The maximum Gasteiger partial charge on any atom is 0.256 e. The van der Waals surface area contributed by atoms with Gasteiger partial charge in [-0.1, -0.05) is 28.1 Å². The van der Waals surface area contributed by atoms with Crippen LogP contribution in [-0.2, 0) is 0 Å². The summed E-state index contributed by atoms with van der Waals surface area (Å²) in [7, 11) is 0. The number of benzene rings is 2. The monoisotopic (exact) mass is 349 g/mol. The van der Waals surface area contributed by atoms with Crippen molar-refractivity contribution in [3.63, 3.8) is 0 Å². The van der Waals surface area contributed by atoms with Gasteiger partial charge in [-0.05, 0) is 55.5 Å². The Hall–Kier alpha value is -1.26. The molecule has 0 saturated heterocycles. The van der Waals surface area contributed by atoms with Crippen LogP contribution >= 0.6 is 27.7 Å². The van der Waals surface area contributed by atoms with Crippen LogP contribution in [0.3, 0.4) is 0 Å². The van der Waals surface area contributed by atoms with Gasteiger partial charge >= 0.3 is 0 Å². The average Bonchev–Trinajstić information content (AvgIpc) is 2.44. The minimum absolute atomic E-state index is 0.0731. The van der Waals surface area contributed by atoms with Crippen LogP contribution < -0.4 is 5.32 Å². The minimum Gasteiger partial charge on any atom is -0.322 e. The van der Waals surface area contributed by atoms with Crippen molar-refractivity contribution < 1.29 is 4.79 Å². The zero-order valence-electron chi connectivity index (χ0n) is 11.7. The molecule has 2 aromatic rings. The number of carbonyl (C=O) groups excluding carboxylic acids is 1. The third kappa shape index (κ3) is 3.25. The number of thioether (sulfide) groups is 1. The number of aryl methyl sites for hydroxylation is 2. The molecule has 2 rings (SSSR count). The molecule has 1 amide bonds. The zero-order valence-corrected chi connectivity index (χ0v) is 14.1. The third-order valence-corrected chi connectivity index (χ3v) is 5.09. The van der Waals surface area contributed by atoms with E-state index in [-0.39, 0.29) is 5.91 Å². The molecule has 0 spiro atoms. The summed E-state index contributed by atoms with van der Waals surface area (Å²) in [6, 6.07) is 11.6. The fourth-order valence-corrected chi connectivity index (χ4v) is 2.87. The average molecular weight is 350 g/mol. The van der Waals surface area contributed by atoms with Gasteiger partial charge in [0.25, 0.3) is 5.91 Å². The lowest BCUT2D eigenvalue weighted by Gasteiger charge is -2.11. The van der Waals surface area contributed by atoms with Crippen LogP contribution in [0.15, 0.2) is 45.8 Å². The number of nitrogens with one attached hydrogen (secondary N) is 1. The Morgan fingerprint density at radius 2 is 1.75 bits per heavy atom. The van der Waals surface area contributed by atoms with E-state index in [2.05, 4.69) is 21.2 Å². The molecular weight excluding hydrogens is 334 g/mol. The van der Waals surface area contributed by atoms with Crippen LogP contribution in [0.4, 0.5) is 5.69 Å². The standard InChI is InChI=1S/C16H16BrNOS/c1-10-8-12(9-11(2)15(10)17)18-16(19)13-6-4-5-7-14(13)20-3/h4-9H,1-3H3,(H,18,19). The summed E-state index contributed by atoms with van der Waals surface area (Å²) in [5.41, 5.74) is 3.75. The van der Waals surface area contributed by atoms with Crippen LogP contribution in [0.5, 0.6) is 0 Å². The van der Waals surface area contributed by atoms with Crippen LogP contribution in [0.2, 0.25) is 0 Å². The van der Waals surface area contributed by atoms with Gasteiger partial charge in [-0.25, -0.2) is 0 Å². The second-order valence-electron chi connectivity index (χ2n) is 4.58. The topological polar surface area (TPSA) is 29.1 Å². The van der Waals surface area contributed by atoms with E-state index in [1.54, 1.807) is 11.8 Å². The molecule has 0 aliphatic rings. The lowest BCUT2D eigenvalue weighted by atomic mass is 10.1. The molecule has 2 aromatic carbocycles. The molecule has 4 heteroatoms. The Bertz CT molecular complexity index is 632. The van der Waals surface area contributed by atoms with Gasteiger partial charge in [0.05, 0.1) is 5.56 Å². The summed E-state index contributed by atoms with van der Waals surface area (Å²) >= 11 is 5.11. The van der Waals surface area contributed by atoms with Crippen LogP contribution in [-0.4, -0.2) is 12.2 Å². The van der Waals surface area contributed by atoms with Gasteiger partial charge in [-0.2, -0.15) is 0 Å². The van der Waals surface area contributed by atoms with Crippen LogP contribution in [0.25, 0.3) is 0 Å². The Balaban J connectivity index is 2.28. The first-order chi connectivity index (χ1) is 9.52. The van der Waals surface area contributed by atoms with Gasteiger partial charge in [-0.3, -0.25) is 4.79 Å². The van der Waals surface area contributed by atoms with Gasteiger partial charge in [0.15, 0.2) is 0 Å². The number of halogens is 1. The molecule has 0 fully saturated rings. The summed E-state index contributed by atoms with van der Waals surface area (Å²) in [6.45, 7) is 4.03. The van der Waals surface area contributed by atoms with Crippen molar-refractivity contribution in [2.75, 3.05) is 11.6 Å². The number of amides is 1. The predicted octanol–water partition coefficient (Wildman–Crippen LogP) is 5.04.